The fourth-order valence-corrected chi connectivity index (χ4v) is 9.23. The molecule has 1 fully saturated rings. The predicted octanol–water partition coefficient (Wildman–Crippen LogP) is 6.30. The van der Waals surface area contributed by atoms with Crippen LogP contribution in [-0.2, 0) is 30.3 Å². The number of carbonyl (C=O) groups excluding carboxylic acids is 3. The second-order valence-corrected chi connectivity index (χ2v) is 18.3. The minimum absolute atomic E-state index is 0.0479. The predicted molar refractivity (Wildman–Crippen MR) is 256 cm³/mol. The summed E-state index contributed by atoms with van der Waals surface area (Å²) in [5.74, 6) is -7.71. The number of carbonyl (C=O) groups is 3. The zero-order valence-corrected chi connectivity index (χ0v) is 40.5. The molecule has 0 saturated carbocycles. The average molecular weight is 943 g/mol. The molecule has 0 spiro atoms. The number of ether oxygens (including phenoxy) is 5. The highest BCUT2D eigenvalue weighted by Gasteiger charge is 2.50. The van der Waals surface area contributed by atoms with Gasteiger partial charge in [-0.1, -0.05) is 58.1 Å². The lowest BCUT2D eigenvalue weighted by molar-refractivity contribution is -0.160. The van der Waals surface area contributed by atoms with Crippen LogP contribution >= 0.6 is 0 Å². The van der Waals surface area contributed by atoms with E-state index in [4.69, 9.17) is 28.8 Å². The van der Waals surface area contributed by atoms with Gasteiger partial charge in [0.15, 0.2) is 5.75 Å². The first-order chi connectivity index (χ1) is 32.2. The van der Waals surface area contributed by atoms with Gasteiger partial charge in [-0.15, -0.1) is 0 Å². The van der Waals surface area contributed by atoms with Crippen molar-refractivity contribution < 1.29 is 63.6 Å². The van der Waals surface area contributed by atoms with Crippen LogP contribution < -0.4 is 14.8 Å². The number of fused-ring (bicyclic) bond motifs is 14. The maximum absolute atomic E-state index is 14.6. The number of hydrazone groups is 1. The van der Waals surface area contributed by atoms with Gasteiger partial charge in [-0.3, -0.25) is 24.3 Å². The van der Waals surface area contributed by atoms with Crippen molar-refractivity contribution in [1.82, 2.24) is 9.91 Å². The van der Waals surface area contributed by atoms with Crippen molar-refractivity contribution in [3.63, 3.8) is 0 Å². The van der Waals surface area contributed by atoms with Gasteiger partial charge in [-0.05, 0) is 44.0 Å². The quantitative estimate of drug-likeness (QED) is 0.0661. The first kappa shape index (κ1) is 51.3. The van der Waals surface area contributed by atoms with Crippen LogP contribution in [0.2, 0.25) is 0 Å². The Kier molecular flexibility index (Phi) is 16.2. The Morgan fingerprint density at radius 3 is 2.28 bits per heavy atom. The van der Waals surface area contributed by atoms with E-state index < -0.39 is 88.8 Å². The molecule has 3 aromatic carbocycles. The van der Waals surface area contributed by atoms with E-state index in [2.05, 4.69) is 10.2 Å². The zero-order chi connectivity index (χ0) is 49.8. The molecule has 0 aliphatic carbocycles. The molecule has 4 heterocycles. The van der Waals surface area contributed by atoms with Crippen LogP contribution in [0.4, 0.5) is 5.69 Å². The van der Waals surface area contributed by atoms with Crippen molar-refractivity contribution in [3.05, 3.63) is 82.7 Å². The molecule has 4 aliphatic heterocycles. The Bertz CT molecular complexity index is 2490. The molecule has 368 valence electrons. The van der Waals surface area contributed by atoms with Crippen molar-refractivity contribution in [2.75, 3.05) is 45.7 Å². The number of phenolic OH excluding ortho intramolecular Hbond substituents is 3. The van der Waals surface area contributed by atoms with Gasteiger partial charge < -0.3 is 54.5 Å². The van der Waals surface area contributed by atoms with E-state index in [1.165, 1.54) is 59.4 Å². The van der Waals surface area contributed by atoms with E-state index in [0.717, 1.165) is 24.3 Å². The highest BCUT2D eigenvalue weighted by atomic mass is 16.7. The van der Waals surface area contributed by atoms with Crippen LogP contribution in [-0.4, -0.2) is 130 Å². The third kappa shape index (κ3) is 10.6. The molecule has 9 atom stereocenters. The number of methoxy groups -OCH3 is 2. The van der Waals surface area contributed by atoms with Crippen LogP contribution in [0.1, 0.15) is 81.9 Å². The number of hydrogen-bond donors (Lipinski definition) is 6. The van der Waals surface area contributed by atoms with Crippen molar-refractivity contribution in [2.45, 2.75) is 98.6 Å². The largest absolute Gasteiger partial charge is 0.507 e. The number of allylic oxidation sites excluding steroid dienone is 2. The highest BCUT2D eigenvalue weighted by Crippen LogP contribution is 2.55. The van der Waals surface area contributed by atoms with Crippen molar-refractivity contribution in [3.8, 4) is 28.7 Å². The lowest BCUT2D eigenvalue weighted by Gasteiger charge is -2.38. The number of aliphatic hydroxyl groups is 2. The molecular formula is C51H66N4O13. The number of benzene rings is 3. The second kappa shape index (κ2) is 21.4. The second-order valence-electron chi connectivity index (χ2n) is 18.3. The summed E-state index contributed by atoms with van der Waals surface area (Å²) in [6.45, 7) is 15.8. The Balaban J connectivity index is 1.45. The van der Waals surface area contributed by atoms with Gasteiger partial charge >= 0.3 is 11.8 Å². The third-order valence-corrected chi connectivity index (χ3v) is 13.5. The number of ketones is 1. The maximum Gasteiger partial charge on any atom is 0.312 e. The van der Waals surface area contributed by atoms with Gasteiger partial charge in [-0.2, -0.15) is 5.10 Å². The summed E-state index contributed by atoms with van der Waals surface area (Å²) in [5.41, 5.74) is 0.723. The van der Waals surface area contributed by atoms with Gasteiger partial charge in [0.05, 0.1) is 60.1 Å². The fourth-order valence-electron chi connectivity index (χ4n) is 9.23. The topological polar surface area (TPSA) is 229 Å². The Morgan fingerprint density at radius 2 is 1.62 bits per heavy atom. The van der Waals surface area contributed by atoms with Gasteiger partial charge in [0, 0.05) is 93.9 Å². The standard InChI is InChI=1S/C51H66N4O13/c1-27-13-11-14-28(2)50(63)53-41-36(25-52-55-21-12-20-54(22-23-55)26-34-15-17-35(64-9)18-16-34)45(60)38-39(46(41)61)44(59)32(6)48-40(38)49(62)51(8,68-48)66-24-19-37(65-10)29(3)47(67-33(7)56)31(5)43(58)30(4)42(27)57/h11,13-19,24-25,27,29-31,37,42-43,47,57-61H,12,20-23,26H2,1-10H3,(H,53,63)/t27-,29+,30-,31-,37+,42-,43-,47+,51+/m1/s1. The van der Waals surface area contributed by atoms with E-state index in [-0.39, 0.29) is 44.5 Å². The van der Waals surface area contributed by atoms with Crippen LogP contribution in [0.5, 0.6) is 28.7 Å². The van der Waals surface area contributed by atoms with E-state index >= 15 is 0 Å². The number of rotatable bonds is 7. The molecule has 1 amide bonds. The summed E-state index contributed by atoms with van der Waals surface area (Å²) < 4.78 is 29.1. The Morgan fingerprint density at radius 1 is 0.912 bits per heavy atom. The number of amides is 1. The monoisotopic (exact) mass is 942 g/mol. The summed E-state index contributed by atoms with van der Waals surface area (Å²) in [6, 6.07) is 7.89. The lowest BCUT2D eigenvalue weighted by Crippen LogP contribution is -2.46. The van der Waals surface area contributed by atoms with Crippen LogP contribution in [0.3, 0.4) is 0 Å². The summed E-state index contributed by atoms with van der Waals surface area (Å²) in [5, 5.41) is 67.9. The Hall–Kier alpha value is -6.14. The highest BCUT2D eigenvalue weighted by molar-refractivity contribution is 6.23. The van der Waals surface area contributed by atoms with Crippen LogP contribution in [0, 0.1) is 30.6 Å². The summed E-state index contributed by atoms with van der Waals surface area (Å²) in [4.78, 5) is 43.3. The number of aromatic hydroxyl groups is 3. The van der Waals surface area contributed by atoms with E-state index in [1.807, 2.05) is 29.3 Å². The fraction of sp³-hybridized carbons (Fsp3) is 0.490. The van der Waals surface area contributed by atoms with Gasteiger partial charge in [0.1, 0.15) is 29.1 Å². The number of phenols is 3. The van der Waals surface area contributed by atoms with Crippen LogP contribution in [0.25, 0.3) is 10.8 Å². The lowest BCUT2D eigenvalue weighted by atomic mass is 9.78. The average Bonchev–Trinajstić information content (AvgIpc) is 3.41. The minimum atomic E-state index is -2.07. The molecule has 68 heavy (non-hydrogen) atoms. The normalized spacial score (nSPS) is 27.8. The SMILES string of the molecule is COc1ccc(CN2CCCN(N=Cc3c4c(O)c5c(O)c(C)c6c(c5c3O)C(=O)[C@@](C)(OC=C[C@H](OC)[C@H](C)[C@H](OC(C)=O)[C@H](C)[C@H](O)[C@H](C)[C@H](O)[C@H](C)C=CC=C(C)C(=O)N4)O6)CC2)cc1. The smallest absolute Gasteiger partial charge is 0.312 e. The van der Waals surface area contributed by atoms with Crippen molar-refractivity contribution >= 4 is 40.3 Å². The number of hydrogen-bond acceptors (Lipinski definition) is 16. The number of esters is 1. The van der Waals surface area contributed by atoms with E-state index in [0.29, 0.717) is 26.2 Å². The van der Waals surface area contributed by atoms with E-state index in [9.17, 15) is 39.9 Å². The molecule has 0 aromatic heterocycles. The molecule has 5 bridgehead atoms. The summed E-state index contributed by atoms with van der Waals surface area (Å²) >= 11 is 0. The number of nitrogens with zero attached hydrogens (tertiary/aromatic N) is 3. The van der Waals surface area contributed by atoms with Gasteiger partial charge in [-0.25, -0.2) is 0 Å². The minimum Gasteiger partial charge on any atom is -0.507 e. The number of aliphatic hydroxyl groups excluding tert-OH is 2. The molecule has 0 unspecified atom stereocenters. The van der Waals surface area contributed by atoms with Gasteiger partial charge in [0.25, 0.3) is 11.7 Å². The van der Waals surface area contributed by atoms with E-state index in [1.54, 1.807) is 47.0 Å². The number of anilines is 1. The molecule has 0 radical (unpaired) electrons. The first-order valence-corrected chi connectivity index (χ1v) is 22.9. The molecule has 1 saturated heterocycles. The van der Waals surface area contributed by atoms with Gasteiger partial charge in [0.2, 0.25) is 0 Å². The third-order valence-electron chi connectivity index (χ3n) is 13.5. The maximum atomic E-state index is 14.6. The molecule has 4 aliphatic rings. The molecule has 7 rings (SSSR count). The van der Waals surface area contributed by atoms with Crippen LogP contribution in [0.15, 0.2) is 65.5 Å². The first-order valence-electron chi connectivity index (χ1n) is 22.9. The molecule has 3 aromatic rings. The van der Waals surface area contributed by atoms with Crippen molar-refractivity contribution in [1.29, 1.82) is 0 Å². The molecule has 17 nitrogen and oxygen atoms in total. The molecule has 6 N–H and O–H groups in total. The zero-order valence-electron chi connectivity index (χ0n) is 40.5. The molecular weight excluding hydrogens is 877 g/mol. The number of nitrogens with one attached hydrogen (secondary N) is 1. The summed E-state index contributed by atoms with van der Waals surface area (Å²) in [7, 11) is 3.06. The Labute approximate surface area is 397 Å². The molecule has 17 heteroatoms. The van der Waals surface area contributed by atoms with Crippen molar-refractivity contribution in [2.24, 2.45) is 28.8 Å². The summed E-state index contributed by atoms with van der Waals surface area (Å²) in [6.07, 6.45) is 5.61. The number of Topliss-reactive ketones (excluding diaryl/α,β-unsaturated/α-hetero) is 1.